The molecule has 1 saturated heterocycles. The van der Waals surface area contributed by atoms with Crippen LogP contribution in [-0.2, 0) is 9.31 Å². The molecule has 0 radical (unpaired) electrons. The summed E-state index contributed by atoms with van der Waals surface area (Å²) in [6.07, 6.45) is 1.32. The van der Waals surface area contributed by atoms with Gasteiger partial charge in [0.2, 0.25) is 12.3 Å². The zero-order chi connectivity index (χ0) is 38.6. The van der Waals surface area contributed by atoms with Gasteiger partial charge >= 0.3 is 7.12 Å². The summed E-state index contributed by atoms with van der Waals surface area (Å²) >= 11 is 12.4. The van der Waals surface area contributed by atoms with Crippen LogP contribution in [0.3, 0.4) is 0 Å². The van der Waals surface area contributed by atoms with Crippen LogP contribution in [0, 0.1) is 18.6 Å². The zero-order valence-electron chi connectivity index (χ0n) is 30.6. The predicted molar refractivity (Wildman–Crippen MR) is 217 cm³/mol. The molecular formula is C43H35BCl2F2N4O3. The molecule has 8 aromatic rings. The van der Waals surface area contributed by atoms with E-state index in [4.69, 9.17) is 36.9 Å². The number of nitrogens with zero attached hydrogens (tertiary/aromatic N) is 2. The third-order valence-electron chi connectivity index (χ3n) is 10.4. The van der Waals surface area contributed by atoms with E-state index in [1.54, 1.807) is 24.3 Å². The van der Waals surface area contributed by atoms with E-state index in [0.717, 1.165) is 49.5 Å². The molecule has 0 bridgehead atoms. The summed E-state index contributed by atoms with van der Waals surface area (Å²) < 4.78 is 46.0. The third-order valence-corrected chi connectivity index (χ3v) is 11.0. The number of aryl methyl sites for hydroxylation is 1. The summed E-state index contributed by atoms with van der Waals surface area (Å²) in [5.41, 5.74) is 8.17. The molecule has 4 heterocycles. The van der Waals surface area contributed by atoms with E-state index < -0.39 is 18.3 Å². The number of nitrogens with one attached hydrogen (secondary N) is 2. The number of H-pyrrole nitrogens is 2. The smallest absolute Gasteiger partial charge is 0.423 e. The number of hydrogen-bond acceptors (Lipinski definition) is 5. The minimum Gasteiger partial charge on any atom is -0.423 e. The van der Waals surface area contributed by atoms with Crippen LogP contribution in [0.25, 0.3) is 66.9 Å². The van der Waals surface area contributed by atoms with Gasteiger partial charge in [0.1, 0.15) is 11.6 Å². The molecule has 0 unspecified atom stereocenters. The molecule has 1 aliphatic rings. The fourth-order valence-electron chi connectivity index (χ4n) is 6.78. The molecule has 12 heteroatoms. The van der Waals surface area contributed by atoms with E-state index in [1.807, 2.05) is 95.3 Å². The highest BCUT2D eigenvalue weighted by Crippen LogP contribution is 2.38. The molecule has 5 aromatic carbocycles. The van der Waals surface area contributed by atoms with Gasteiger partial charge in [-0.1, -0.05) is 59.6 Å². The average Bonchev–Trinajstić information content (AvgIpc) is 3.94. The molecule has 0 amide bonds. The first-order valence-corrected chi connectivity index (χ1v) is 18.4. The number of aromatic amines is 2. The fourth-order valence-corrected chi connectivity index (χ4v) is 7.31. The third kappa shape index (κ3) is 6.96. The highest BCUT2D eigenvalue weighted by Gasteiger charge is 2.51. The lowest BCUT2D eigenvalue weighted by molar-refractivity contribution is 0.00578. The van der Waals surface area contributed by atoms with Crippen molar-refractivity contribution in [2.24, 2.45) is 0 Å². The lowest BCUT2D eigenvalue weighted by Gasteiger charge is -2.32. The molecule has 2 N–H and O–H groups in total. The second-order valence-electron chi connectivity index (χ2n) is 14.6. The van der Waals surface area contributed by atoms with Gasteiger partial charge in [0.05, 0.1) is 43.8 Å². The number of hydrogen-bond donors (Lipinski definition) is 2. The number of fused-ring (bicyclic) bond motifs is 2. The summed E-state index contributed by atoms with van der Waals surface area (Å²) in [5, 5.41) is 10.4. The van der Waals surface area contributed by atoms with Crippen molar-refractivity contribution in [3.05, 3.63) is 137 Å². The maximum atomic E-state index is 14.3. The molecule has 55 heavy (non-hydrogen) atoms. The molecule has 0 saturated carbocycles. The molecule has 0 spiro atoms. The van der Waals surface area contributed by atoms with Crippen molar-refractivity contribution in [3.63, 3.8) is 0 Å². The molecule has 1 aliphatic heterocycles. The fraction of sp³-hybridized carbons (Fsp3) is 0.163. The first kappa shape index (κ1) is 36.7. The van der Waals surface area contributed by atoms with Crippen LogP contribution in [0.1, 0.15) is 33.3 Å². The molecule has 3 aromatic heterocycles. The van der Waals surface area contributed by atoms with Crippen LogP contribution in [0.15, 0.2) is 114 Å². The van der Waals surface area contributed by atoms with E-state index in [9.17, 15) is 8.78 Å². The number of halogens is 4. The molecule has 276 valence electrons. The lowest BCUT2D eigenvalue weighted by atomic mass is 9.78. The SMILES string of the molecule is CC1(C)OB(c2ccc3[nH]c(-c4c(F)cccc4Cl)cc3c2)OC1(C)C.Cc1cc(-c2nnco2)ccc1-c1ccc2[nH]c(-c3c(F)cccc3Cl)cc2c1. The Bertz CT molecular complexity index is 2650. The van der Waals surface area contributed by atoms with Gasteiger partial charge in [-0.25, -0.2) is 8.78 Å². The predicted octanol–water partition coefficient (Wildman–Crippen LogP) is 11.6. The lowest BCUT2D eigenvalue weighted by Crippen LogP contribution is -2.41. The number of rotatable bonds is 5. The van der Waals surface area contributed by atoms with E-state index in [1.165, 1.54) is 18.5 Å². The van der Waals surface area contributed by atoms with Crippen LogP contribution >= 0.6 is 23.2 Å². The average molecular weight is 775 g/mol. The van der Waals surface area contributed by atoms with E-state index in [0.29, 0.717) is 38.5 Å². The normalized spacial score (nSPS) is 14.7. The second kappa shape index (κ2) is 14.1. The molecule has 0 aliphatic carbocycles. The topological polar surface area (TPSA) is 89.0 Å². The Hall–Kier alpha value is -5.26. The summed E-state index contributed by atoms with van der Waals surface area (Å²) in [6.45, 7) is 10.2. The Morgan fingerprint density at radius 1 is 0.655 bits per heavy atom. The summed E-state index contributed by atoms with van der Waals surface area (Å²) in [4.78, 5) is 6.50. The highest BCUT2D eigenvalue weighted by molar-refractivity contribution is 6.62. The quantitative estimate of drug-likeness (QED) is 0.170. The molecule has 9 rings (SSSR count). The van der Waals surface area contributed by atoms with Gasteiger partial charge in [-0.15, -0.1) is 10.2 Å². The van der Waals surface area contributed by atoms with Crippen LogP contribution in [0.4, 0.5) is 8.78 Å². The number of benzene rings is 5. The van der Waals surface area contributed by atoms with Crippen molar-refractivity contribution in [1.82, 2.24) is 20.2 Å². The molecule has 7 nitrogen and oxygen atoms in total. The van der Waals surface area contributed by atoms with E-state index >= 15 is 0 Å². The van der Waals surface area contributed by atoms with Crippen LogP contribution in [0.5, 0.6) is 0 Å². The first-order valence-electron chi connectivity index (χ1n) is 17.7. The van der Waals surface area contributed by atoms with Crippen molar-refractivity contribution in [2.75, 3.05) is 0 Å². The second-order valence-corrected chi connectivity index (χ2v) is 15.4. The van der Waals surface area contributed by atoms with Crippen molar-refractivity contribution >= 4 is 57.6 Å². The molecule has 0 atom stereocenters. The van der Waals surface area contributed by atoms with Gasteiger partial charge in [-0.05, 0) is 129 Å². The largest absolute Gasteiger partial charge is 0.494 e. The molecular weight excluding hydrogens is 740 g/mol. The Morgan fingerprint density at radius 3 is 1.76 bits per heavy atom. The standard InChI is InChI=1S/C23H15ClFN3O.C20H20BClFNO2/c1-13-9-15(23-28-26-12-29-23)5-7-17(13)14-6-8-20-16(10-14)11-21(27-20)22-18(24)3-2-4-19(22)25;1-19(2)20(3,4)26-21(25-19)13-8-9-16-12(10-13)11-17(24-16)18-14(22)6-5-7-15(18)23/h2-12,27H,1H3;5-11,24H,1-4H3. The van der Waals surface area contributed by atoms with Crippen molar-refractivity contribution in [2.45, 2.75) is 45.8 Å². The zero-order valence-corrected chi connectivity index (χ0v) is 32.1. The maximum Gasteiger partial charge on any atom is 0.494 e. The van der Waals surface area contributed by atoms with Crippen LogP contribution in [-0.4, -0.2) is 38.5 Å². The Kier molecular flexibility index (Phi) is 9.42. The Labute approximate surface area is 326 Å². The summed E-state index contributed by atoms with van der Waals surface area (Å²) in [6, 6.07) is 31.3. The minimum atomic E-state index is -0.431. The van der Waals surface area contributed by atoms with Gasteiger partial charge < -0.3 is 23.7 Å². The van der Waals surface area contributed by atoms with Crippen molar-refractivity contribution in [1.29, 1.82) is 0 Å². The molecule has 1 fully saturated rings. The van der Waals surface area contributed by atoms with Gasteiger partial charge in [0.15, 0.2) is 0 Å². The van der Waals surface area contributed by atoms with Crippen molar-refractivity contribution in [3.8, 4) is 45.1 Å². The van der Waals surface area contributed by atoms with Gasteiger partial charge in [-0.2, -0.15) is 0 Å². The minimum absolute atomic E-state index is 0.350. The maximum absolute atomic E-state index is 14.3. The van der Waals surface area contributed by atoms with E-state index in [-0.39, 0.29) is 11.6 Å². The number of aromatic nitrogens is 4. The summed E-state index contributed by atoms with van der Waals surface area (Å²) in [7, 11) is -0.431. The first-order chi connectivity index (χ1) is 26.3. The monoisotopic (exact) mass is 774 g/mol. The van der Waals surface area contributed by atoms with Crippen LogP contribution < -0.4 is 5.46 Å². The van der Waals surface area contributed by atoms with E-state index in [2.05, 4.69) is 26.2 Å². The van der Waals surface area contributed by atoms with Crippen LogP contribution in [0.2, 0.25) is 10.0 Å². The highest BCUT2D eigenvalue weighted by atomic mass is 35.5. The van der Waals surface area contributed by atoms with Crippen molar-refractivity contribution < 1.29 is 22.5 Å². The van der Waals surface area contributed by atoms with Gasteiger partial charge in [-0.3, -0.25) is 0 Å². The Morgan fingerprint density at radius 2 is 1.22 bits per heavy atom. The van der Waals surface area contributed by atoms with Gasteiger partial charge in [0.25, 0.3) is 0 Å². The Balaban J connectivity index is 0.000000156. The summed E-state index contributed by atoms with van der Waals surface area (Å²) in [5.74, 6) is -0.209. The van der Waals surface area contributed by atoms with Gasteiger partial charge in [0, 0.05) is 22.0 Å².